The van der Waals surface area contributed by atoms with E-state index >= 15 is 0 Å². The highest BCUT2D eigenvalue weighted by Gasteiger charge is 2.42. The minimum Gasteiger partial charge on any atom is -0.338 e. The number of amides is 2. The van der Waals surface area contributed by atoms with Crippen LogP contribution in [0.3, 0.4) is 0 Å². The first-order valence-corrected chi connectivity index (χ1v) is 9.45. The summed E-state index contributed by atoms with van der Waals surface area (Å²) in [5.41, 5.74) is 6.54. The van der Waals surface area contributed by atoms with E-state index in [0.29, 0.717) is 47.7 Å². The summed E-state index contributed by atoms with van der Waals surface area (Å²) in [5.74, 6) is -0.325. The number of hydrogen-bond acceptors (Lipinski definition) is 3. The minimum atomic E-state index is -0.628. The van der Waals surface area contributed by atoms with E-state index in [4.69, 9.17) is 28.9 Å². The molecule has 0 aromatic heterocycles. The molecular formula is C18H23Cl2N3O2. The number of hydrogen-bond donors (Lipinski definition) is 1. The second-order valence-corrected chi connectivity index (χ2v) is 7.79. The maximum absolute atomic E-state index is 13.0. The lowest BCUT2D eigenvalue weighted by molar-refractivity contribution is -0.143. The van der Waals surface area contributed by atoms with Crippen LogP contribution in [-0.2, 0) is 9.59 Å². The molecule has 3 atom stereocenters. The zero-order valence-electron chi connectivity index (χ0n) is 14.3. The molecule has 0 spiro atoms. The fourth-order valence-electron chi connectivity index (χ4n) is 3.78. The zero-order valence-corrected chi connectivity index (χ0v) is 15.8. The topological polar surface area (TPSA) is 66.6 Å². The van der Waals surface area contributed by atoms with Crippen LogP contribution >= 0.6 is 23.2 Å². The minimum absolute atomic E-state index is 0.0306. The van der Waals surface area contributed by atoms with Gasteiger partial charge in [0.2, 0.25) is 11.8 Å². The summed E-state index contributed by atoms with van der Waals surface area (Å²) in [5, 5.41) is 0.841. The van der Waals surface area contributed by atoms with Crippen molar-refractivity contribution in [3.63, 3.8) is 0 Å². The molecule has 1 aromatic rings. The first kappa shape index (κ1) is 18.5. The predicted molar refractivity (Wildman–Crippen MR) is 99.9 cm³/mol. The van der Waals surface area contributed by atoms with Gasteiger partial charge in [-0.2, -0.15) is 0 Å². The summed E-state index contributed by atoms with van der Waals surface area (Å²) in [7, 11) is 0. The van der Waals surface area contributed by atoms with Gasteiger partial charge in [-0.05, 0) is 43.4 Å². The van der Waals surface area contributed by atoms with Gasteiger partial charge >= 0.3 is 0 Å². The monoisotopic (exact) mass is 383 g/mol. The second kappa shape index (κ2) is 7.52. The molecule has 2 amide bonds. The third-order valence-electron chi connectivity index (χ3n) is 5.25. The highest BCUT2D eigenvalue weighted by Crippen LogP contribution is 2.33. The van der Waals surface area contributed by atoms with E-state index in [9.17, 15) is 9.59 Å². The van der Waals surface area contributed by atoms with Crippen LogP contribution in [0.25, 0.3) is 0 Å². The van der Waals surface area contributed by atoms with Crippen molar-refractivity contribution in [2.75, 3.05) is 24.5 Å². The Bertz CT molecular complexity index is 682. The number of anilines is 1. The molecule has 2 aliphatic heterocycles. The number of likely N-dealkylation sites (tertiary alicyclic amines) is 1. The summed E-state index contributed by atoms with van der Waals surface area (Å²) in [6.45, 7) is 3.80. The maximum Gasteiger partial charge on any atom is 0.239 e. The highest BCUT2D eigenvalue weighted by molar-refractivity contribution is 6.42. The number of nitrogens with zero attached hydrogens (tertiary/aromatic N) is 2. The van der Waals surface area contributed by atoms with Crippen molar-refractivity contribution in [1.29, 1.82) is 0 Å². The van der Waals surface area contributed by atoms with Crippen LogP contribution in [0.1, 0.15) is 26.2 Å². The standard InChI is InChI=1S/C18H23Cl2N3O2/c1-11-4-6-23(13(8-11)10-21)18(25)14-5-7-22(17(14)24)12-2-3-15(19)16(20)9-12/h2-3,9,11,13-14H,4-8,10,21H2,1H3. The van der Waals surface area contributed by atoms with Crippen molar-refractivity contribution in [3.8, 4) is 0 Å². The van der Waals surface area contributed by atoms with Gasteiger partial charge < -0.3 is 15.5 Å². The molecule has 0 bridgehead atoms. The third-order valence-corrected chi connectivity index (χ3v) is 5.99. The SMILES string of the molecule is CC1CCN(C(=O)C2CCN(c3ccc(Cl)c(Cl)c3)C2=O)C(CN)C1. The Hall–Kier alpha value is -1.30. The molecular weight excluding hydrogens is 361 g/mol. The lowest BCUT2D eigenvalue weighted by atomic mass is 9.91. The molecule has 2 heterocycles. The van der Waals surface area contributed by atoms with E-state index in [2.05, 4.69) is 6.92 Å². The van der Waals surface area contributed by atoms with Gasteiger partial charge in [-0.15, -0.1) is 0 Å². The van der Waals surface area contributed by atoms with Crippen LogP contribution < -0.4 is 10.6 Å². The molecule has 2 aliphatic rings. The first-order chi connectivity index (χ1) is 11.9. The van der Waals surface area contributed by atoms with Crippen LogP contribution in [0, 0.1) is 11.8 Å². The maximum atomic E-state index is 13.0. The van der Waals surface area contributed by atoms with E-state index < -0.39 is 5.92 Å². The average Bonchev–Trinajstić information content (AvgIpc) is 2.98. The molecule has 5 nitrogen and oxygen atoms in total. The van der Waals surface area contributed by atoms with Gasteiger partial charge in [0, 0.05) is 31.4 Å². The molecule has 2 N–H and O–H groups in total. The number of rotatable bonds is 3. The van der Waals surface area contributed by atoms with Crippen LogP contribution in [0.4, 0.5) is 5.69 Å². The van der Waals surface area contributed by atoms with Crippen molar-refractivity contribution < 1.29 is 9.59 Å². The number of piperidine rings is 1. The Morgan fingerprint density at radius 2 is 2.00 bits per heavy atom. The lowest BCUT2D eigenvalue weighted by Crippen LogP contribution is -2.52. The van der Waals surface area contributed by atoms with Gasteiger partial charge in [-0.1, -0.05) is 30.1 Å². The number of halogens is 2. The molecule has 7 heteroatoms. The molecule has 0 saturated carbocycles. The van der Waals surface area contributed by atoms with Crippen molar-refractivity contribution in [2.24, 2.45) is 17.6 Å². The van der Waals surface area contributed by atoms with Crippen LogP contribution in [0.2, 0.25) is 10.0 Å². The predicted octanol–water partition coefficient (Wildman–Crippen LogP) is 2.93. The smallest absolute Gasteiger partial charge is 0.239 e. The molecule has 2 fully saturated rings. The van der Waals surface area contributed by atoms with E-state index in [1.165, 1.54) is 0 Å². The van der Waals surface area contributed by atoms with Gasteiger partial charge in [-0.3, -0.25) is 9.59 Å². The van der Waals surface area contributed by atoms with Gasteiger partial charge in [0.1, 0.15) is 5.92 Å². The Morgan fingerprint density at radius 1 is 1.24 bits per heavy atom. The summed E-state index contributed by atoms with van der Waals surface area (Å²) in [6, 6.07) is 5.12. The van der Waals surface area contributed by atoms with E-state index in [1.54, 1.807) is 23.1 Å². The van der Waals surface area contributed by atoms with Crippen molar-refractivity contribution in [1.82, 2.24) is 4.90 Å². The number of benzene rings is 1. The lowest BCUT2D eigenvalue weighted by Gasteiger charge is -2.39. The Morgan fingerprint density at radius 3 is 2.68 bits per heavy atom. The van der Waals surface area contributed by atoms with E-state index in [1.807, 2.05) is 4.90 Å². The van der Waals surface area contributed by atoms with Gasteiger partial charge in [0.25, 0.3) is 0 Å². The van der Waals surface area contributed by atoms with Crippen molar-refractivity contribution in [3.05, 3.63) is 28.2 Å². The summed E-state index contributed by atoms with van der Waals surface area (Å²) < 4.78 is 0. The molecule has 3 rings (SSSR count). The Labute approximate surface area is 158 Å². The summed E-state index contributed by atoms with van der Waals surface area (Å²) in [6.07, 6.45) is 2.38. The quantitative estimate of drug-likeness (QED) is 0.815. The van der Waals surface area contributed by atoms with E-state index in [-0.39, 0.29) is 17.9 Å². The first-order valence-electron chi connectivity index (χ1n) is 8.69. The number of carbonyl (C=O) groups is 2. The zero-order chi connectivity index (χ0) is 18.1. The fourth-order valence-corrected chi connectivity index (χ4v) is 4.08. The molecule has 136 valence electrons. The van der Waals surface area contributed by atoms with Gasteiger partial charge in [0.05, 0.1) is 10.0 Å². The second-order valence-electron chi connectivity index (χ2n) is 6.98. The molecule has 3 unspecified atom stereocenters. The largest absolute Gasteiger partial charge is 0.338 e. The highest BCUT2D eigenvalue weighted by atomic mass is 35.5. The van der Waals surface area contributed by atoms with Gasteiger partial charge in [0.15, 0.2) is 0 Å². The van der Waals surface area contributed by atoms with Crippen LogP contribution in [0.15, 0.2) is 18.2 Å². The fraction of sp³-hybridized carbons (Fsp3) is 0.556. The Kier molecular flexibility index (Phi) is 5.56. The summed E-state index contributed by atoms with van der Waals surface area (Å²) >= 11 is 12.0. The Balaban J connectivity index is 1.74. The molecule has 0 aliphatic carbocycles. The third kappa shape index (κ3) is 3.64. The van der Waals surface area contributed by atoms with Crippen LogP contribution in [-0.4, -0.2) is 42.4 Å². The molecule has 1 aromatic carbocycles. The van der Waals surface area contributed by atoms with Crippen molar-refractivity contribution in [2.45, 2.75) is 32.2 Å². The number of carbonyl (C=O) groups excluding carboxylic acids is 2. The average molecular weight is 384 g/mol. The molecule has 25 heavy (non-hydrogen) atoms. The van der Waals surface area contributed by atoms with Gasteiger partial charge in [-0.25, -0.2) is 0 Å². The molecule has 0 radical (unpaired) electrons. The van der Waals surface area contributed by atoms with Crippen LogP contribution in [0.5, 0.6) is 0 Å². The number of nitrogens with two attached hydrogens (primary N) is 1. The summed E-state index contributed by atoms with van der Waals surface area (Å²) in [4.78, 5) is 29.2. The molecule has 2 saturated heterocycles. The van der Waals surface area contributed by atoms with E-state index in [0.717, 1.165) is 12.8 Å². The van der Waals surface area contributed by atoms with Crippen molar-refractivity contribution >= 4 is 40.7 Å². The normalized spacial score (nSPS) is 27.0.